The van der Waals surface area contributed by atoms with Crippen molar-refractivity contribution in [2.24, 2.45) is 0 Å². The van der Waals surface area contributed by atoms with Crippen molar-refractivity contribution < 1.29 is 18.0 Å². The Bertz CT molecular complexity index is 447. The van der Waals surface area contributed by atoms with Gasteiger partial charge in [-0.05, 0) is 12.8 Å². The van der Waals surface area contributed by atoms with Crippen LogP contribution in [-0.2, 0) is 11.0 Å². The summed E-state index contributed by atoms with van der Waals surface area (Å²) in [6.45, 7) is 1.94. The summed E-state index contributed by atoms with van der Waals surface area (Å²) in [6, 6.07) is 0. The van der Waals surface area contributed by atoms with Gasteiger partial charge in [0.15, 0.2) is 10.8 Å². The third-order valence-electron chi connectivity index (χ3n) is 2.85. The fourth-order valence-electron chi connectivity index (χ4n) is 1.89. The van der Waals surface area contributed by atoms with Crippen LogP contribution in [0.25, 0.3) is 0 Å². The number of anilines is 1. The number of likely N-dealkylation sites (tertiary alicyclic amines) is 1. The molecule has 1 saturated heterocycles. The maximum Gasteiger partial charge on any atom is 0.434 e. The van der Waals surface area contributed by atoms with E-state index in [0.717, 1.165) is 29.7 Å². The van der Waals surface area contributed by atoms with Gasteiger partial charge in [-0.25, -0.2) is 4.98 Å². The van der Waals surface area contributed by atoms with E-state index in [1.165, 1.54) is 0 Å². The van der Waals surface area contributed by atoms with Gasteiger partial charge in [-0.3, -0.25) is 4.79 Å². The number of hydrogen-bond donors (Lipinski definition) is 1. The number of nitrogens with zero attached hydrogens (tertiary/aromatic N) is 2. The van der Waals surface area contributed by atoms with Crippen LogP contribution in [0.5, 0.6) is 0 Å². The van der Waals surface area contributed by atoms with Gasteiger partial charge in [0, 0.05) is 31.4 Å². The molecule has 1 amide bonds. The van der Waals surface area contributed by atoms with Crippen molar-refractivity contribution in [2.75, 3.05) is 25.0 Å². The molecule has 0 aliphatic carbocycles. The van der Waals surface area contributed by atoms with Gasteiger partial charge in [0.05, 0.1) is 0 Å². The normalized spacial score (nSPS) is 16.2. The largest absolute Gasteiger partial charge is 0.434 e. The average Bonchev–Trinajstić information content (AvgIpc) is 2.93. The zero-order valence-corrected chi connectivity index (χ0v) is 11.0. The summed E-state index contributed by atoms with van der Waals surface area (Å²) in [5.74, 6) is 0.161. The molecule has 0 aromatic carbocycles. The first-order chi connectivity index (χ1) is 8.97. The summed E-state index contributed by atoms with van der Waals surface area (Å²) in [6.07, 6.45) is -2.19. The third-order valence-corrected chi connectivity index (χ3v) is 3.65. The molecule has 106 valence electrons. The van der Waals surface area contributed by atoms with Gasteiger partial charge in [0.1, 0.15) is 0 Å². The standard InChI is InChI=1S/C11H14F3N3OS/c12-11(13,14)8-7-19-10(16-8)15-4-2-6-17-5-1-3-9(17)18/h7H,1-6H2,(H,15,16). The number of amides is 1. The molecule has 4 nitrogen and oxygen atoms in total. The van der Waals surface area contributed by atoms with Crippen LogP contribution >= 0.6 is 11.3 Å². The highest BCUT2D eigenvalue weighted by atomic mass is 32.1. The fourth-order valence-corrected chi connectivity index (χ4v) is 2.64. The summed E-state index contributed by atoms with van der Waals surface area (Å²) < 4.78 is 36.9. The van der Waals surface area contributed by atoms with Crippen LogP contribution in [0.15, 0.2) is 5.38 Å². The molecule has 2 heterocycles. The number of carbonyl (C=O) groups is 1. The van der Waals surface area contributed by atoms with Gasteiger partial charge < -0.3 is 10.2 Å². The lowest BCUT2D eigenvalue weighted by atomic mass is 10.4. The van der Waals surface area contributed by atoms with Crippen molar-refractivity contribution in [1.82, 2.24) is 9.88 Å². The van der Waals surface area contributed by atoms with E-state index in [9.17, 15) is 18.0 Å². The second-order valence-corrected chi connectivity index (χ2v) is 5.16. The van der Waals surface area contributed by atoms with Crippen LogP contribution in [0, 0.1) is 0 Å². The van der Waals surface area contributed by atoms with E-state index in [1.807, 2.05) is 0 Å². The molecule has 1 aromatic rings. The Labute approximate surface area is 112 Å². The minimum absolute atomic E-state index is 0.161. The van der Waals surface area contributed by atoms with Crippen molar-refractivity contribution >= 4 is 22.4 Å². The van der Waals surface area contributed by atoms with Crippen LogP contribution in [0.3, 0.4) is 0 Å². The lowest BCUT2D eigenvalue weighted by Gasteiger charge is -2.14. The summed E-state index contributed by atoms with van der Waals surface area (Å²) in [7, 11) is 0. The molecule has 1 aromatic heterocycles. The van der Waals surface area contributed by atoms with Crippen LogP contribution in [0.4, 0.5) is 18.3 Å². The maximum absolute atomic E-state index is 12.3. The molecule has 19 heavy (non-hydrogen) atoms. The highest BCUT2D eigenvalue weighted by Gasteiger charge is 2.33. The van der Waals surface area contributed by atoms with Crippen LogP contribution < -0.4 is 5.32 Å². The molecule has 8 heteroatoms. The molecule has 1 fully saturated rings. The second-order valence-electron chi connectivity index (χ2n) is 4.30. The minimum atomic E-state index is -4.39. The van der Waals surface area contributed by atoms with E-state index < -0.39 is 11.9 Å². The second kappa shape index (κ2) is 5.77. The van der Waals surface area contributed by atoms with E-state index in [1.54, 1.807) is 4.90 Å². The number of halogens is 3. The molecule has 0 atom stereocenters. The van der Waals surface area contributed by atoms with E-state index in [2.05, 4.69) is 10.3 Å². The monoisotopic (exact) mass is 293 g/mol. The molecular weight excluding hydrogens is 279 g/mol. The first-order valence-corrected chi connectivity index (χ1v) is 6.89. The van der Waals surface area contributed by atoms with Crippen molar-refractivity contribution in [2.45, 2.75) is 25.4 Å². The van der Waals surface area contributed by atoms with Gasteiger partial charge >= 0.3 is 6.18 Å². The topological polar surface area (TPSA) is 45.2 Å². The Morgan fingerprint density at radius 2 is 2.26 bits per heavy atom. The number of thiazole rings is 1. The number of rotatable bonds is 5. The number of nitrogens with one attached hydrogen (secondary N) is 1. The summed E-state index contributed by atoms with van der Waals surface area (Å²) in [4.78, 5) is 16.6. The smallest absolute Gasteiger partial charge is 0.361 e. The first kappa shape index (κ1) is 14.1. The predicted molar refractivity (Wildman–Crippen MR) is 66.0 cm³/mol. The van der Waals surface area contributed by atoms with Crippen molar-refractivity contribution in [3.63, 3.8) is 0 Å². The molecule has 1 N–H and O–H groups in total. The SMILES string of the molecule is O=C1CCCN1CCCNc1nc(C(F)(F)F)cs1. The molecule has 0 spiro atoms. The lowest BCUT2D eigenvalue weighted by molar-refractivity contribution is -0.140. The Hall–Kier alpha value is -1.31. The third kappa shape index (κ3) is 3.82. The average molecular weight is 293 g/mol. The molecule has 0 bridgehead atoms. The Kier molecular flexibility index (Phi) is 4.28. The Balaban J connectivity index is 1.71. The molecule has 0 unspecified atom stereocenters. The fraction of sp³-hybridized carbons (Fsp3) is 0.636. The highest BCUT2D eigenvalue weighted by Crippen LogP contribution is 2.31. The van der Waals surface area contributed by atoms with E-state index in [-0.39, 0.29) is 11.0 Å². The summed E-state index contributed by atoms with van der Waals surface area (Å²) in [5.41, 5.74) is -0.866. The van der Waals surface area contributed by atoms with Gasteiger partial charge in [-0.1, -0.05) is 0 Å². The summed E-state index contributed by atoms with van der Waals surface area (Å²) in [5, 5.41) is 4.10. The number of carbonyl (C=O) groups excluding carboxylic acids is 1. The molecule has 1 aliphatic rings. The molecule has 0 saturated carbocycles. The van der Waals surface area contributed by atoms with Gasteiger partial charge in [-0.15, -0.1) is 11.3 Å². The lowest BCUT2D eigenvalue weighted by Crippen LogP contribution is -2.26. The number of hydrogen-bond acceptors (Lipinski definition) is 4. The molecule has 0 radical (unpaired) electrons. The van der Waals surface area contributed by atoms with Crippen molar-refractivity contribution in [3.05, 3.63) is 11.1 Å². The van der Waals surface area contributed by atoms with E-state index in [0.29, 0.717) is 25.9 Å². The van der Waals surface area contributed by atoms with E-state index >= 15 is 0 Å². The predicted octanol–water partition coefficient (Wildman–Crippen LogP) is 2.59. The van der Waals surface area contributed by atoms with Crippen LogP contribution in [0.2, 0.25) is 0 Å². The minimum Gasteiger partial charge on any atom is -0.361 e. The zero-order valence-electron chi connectivity index (χ0n) is 10.2. The van der Waals surface area contributed by atoms with Crippen LogP contribution in [-0.4, -0.2) is 35.4 Å². The summed E-state index contributed by atoms with van der Waals surface area (Å²) >= 11 is 0.937. The number of alkyl halides is 3. The quantitative estimate of drug-likeness (QED) is 0.849. The highest BCUT2D eigenvalue weighted by molar-refractivity contribution is 7.13. The van der Waals surface area contributed by atoms with Gasteiger partial charge in [0.25, 0.3) is 0 Å². The van der Waals surface area contributed by atoms with Gasteiger partial charge in [0.2, 0.25) is 5.91 Å². The Morgan fingerprint density at radius 3 is 2.84 bits per heavy atom. The van der Waals surface area contributed by atoms with Crippen LogP contribution in [0.1, 0.15) is 25.0 Å². The van der Waals surface area contributed by atoms with Crippen molar-refractivity contribution in [3.8, 4) is 0 Å². The van der Waals surface area contributed by atoms with E-state index in [4.69, 9.17) is 0 Å². The number of aromatic nitrogens is 1. The first-order valence-electron chi connectivity index (χ1n) is 6.01. The van der Waals surface area contributed by atoms with Gasteiger partial charge in [-0.2, -0.15) is 13.2 Å². The maximum atomic E-state index is 12.3. The zero-order chi connectivity index (χ0) is 13.9. The molecular formula is C11H14F3N3OS. The Morgan fingerprint density at radius 1 is 1.47 bits per heavy atom. The van der Waals surface area contributed by atoms with Crippen molar-refractivity contribution in [1.29, 1.82) is 0 Å². The molecule has 2 rings (SSSR count). The molecule has 1 aliphatic heterocycles.